The molecule has 1 heterocycles. The van der Waals surface area contributed by atoms with Crippen molar-refractivity contribution in [3.05, 3.63) is 59.4 Å². The van der Waals surface area contributed by atoms with E-state index < -0.39 is 0 Å². The summed E-state index contributed by atoms with van der Waals surface area (Å²) in [5.74, 6) is 1.68. The van der Waals surface area contributed by atoms with Gasteiger partial charge in [0.2, 0.25) is 0 Å². The maximum absolute atomic E-state index is 5.56. The molecule has 2 atom stereocenters. The molecule has 2 aliphatic rings. The Balaban J connectivity index is 1.66. The number of hydrogen-bond donors (Lipinski definition) is 1. The molecule has 0 radical (unpaired) electrons. The van der Waals surface area contributed by atoms with Crippen LogP contribution in [0.2, 0.25) is 0 Å². The number of allylic oxidation sites excluding steroid dienone is 2. The SMILES string of the molecule is COC1=CCC(C)C=C1CN1CCNC(c2ccccc2)C1. The number of piperazine rings is 1. The number of nitrogens with one attached hydrogen (secondary N) is 1. The average molecular weight is 298 g/mol. The fourth-order valence-electron chi connectivity index (χ4n) is 3.37. The Morgan fingerprint density at radius 2 is 2.09 bits per heavy atom. The zero-order valence-corrected chi connectivity index (χ0v) is 13.6. The summed E-state index contributed by atoms with van der Waals surface area (Å²) in [5.41, 5.74) is 2.72. The van der Waals surface area contributed by atoms with Gasteiger partial charge in [-0.25, -0.2) is 0 Å². The highest BCUT2D eigenvalue weighted by Crippen LogP contribution is 2.25. The maximum atomic E-state index is 5.56. The number of hydrogen-bond acceptors (Lipinski definition) is 3. The molecule has 0 saturated carbocycles. The van der Waals surface area contributed by atoms with Gasteiger partial charge in [-0.1, -0.05) is 43.3 Å². The number of rotatable bonds is 4. The summed E-state index contributed by atoms with van der Waals surface area (Å²) in [6.45, 7) is 6.43. The third-order valence-corrected chi connectivity index (χ3v) is 4.55. The van der Waals surface area contributed by atoms with Gasteiger partial charge in [0.15, 0.2) is 0 Å². The van der Waals surface area contributed by atoms with Crippen molar-refractivity contribution in [1.29, 1.82) is 0 Å². The van der Waals surface area contributed by atoms with Gasteiger partial charge in [0, 0.05) is 37.8 Å². The van der Waals surface area contributed by atoms with Crippen LogP contribution in [0.5, 0.6) is 0 Å². The second-order valence-electron chi connectivity index (χ2n) is 6.33. The van der Waals surface area contributed by atoms with Crippen LogP contribution < -0.4 is 5.32 Å². The van der Waals surface area contributed by atoms with E-state index in [1.807, 2.05) is 0 Å². The van der Waals surface area contributed by atoms with E-state index in [0.717, 1.165) is 38.4 Å². The van der Waals surface area contributed by atoms with E-state index in [1.165, 1.54) is 11.1 Å². The molecule has 2 unspecified atom stereocenters. The van der Waals surface area contributed by atoms with Gasteiger partial charge in [-0.2, -0.15) is 0 Å². The van der Waals surface area contributed by atoms with Crippen LogP contribution in [0.25, 0.3) is 0 Å². The number of nitrogens with zero attached hydrogens (tertiary/aromatic N) is 1. The van der Waals surface area contributed by atoms with Crippen molar-refractivity contribution in [2.24, 2.45) is 5.92 Å². The van der Waals surface area contributed by atoms with E-state index in [-0.39, 0.29) is 0 Å². The first-order valence-corrected chi connectivity index (χ1v) is 8.22. The maximum Gasteiger partial charge on any atom is 0.119 e. The van der Waals surface area contributed by atoms with E-state index in [9.17, 15) is 0 Å². The minimum atomic E-state index is 0.423. The van der Waals surface area contributed by atoms with Gasteiger partial charge in [-0.3, -0.25) is 4.90 Å². The van der Waals surface area contributed by atoms with E-state index >= 15 is 0 Å². The normalized spacial score (nSPS) is 26.3. The molecule has 1 aliphatic heterocycles. The molecular weight excluding hydrogens is 272 g/mol. The summed E-state index contributed by atoms with van der Waals surface area (Å²) in [6, 6.07) is 11.2. The molecule has 1 fully saturated rings. The fraction of sp³-hybridized carbons (Fsp3) is 0.474. The van der Waals surface area contributed by atoms with Gasteiger partial charge in [0.05, 0.1) is 7.11 Å². The molecule has 1 aromatic carbocycles. The zero-order valence-electron chi connectivity index (χ0n) is 13.6. The van der Waals surface area contributed by atoms with Crippen LogP contribution >= 0.6 is 0 Å². The summed E-state index contributed by atoms with van der Waals surface area (Å²) >= 11 is 0. The molecule has 22 heavy (non-hydrogen) atoms. The molecule has 3 rings (SSSR count). The standard InChI is InChI=1S/C19H26N2O/c1-15-8-9-19(22-2)17(12-15)13-21-11-10-20-18(14-21)16-6-4-3-5-7-16/h3-7,9,12,15,18,20H,8,10-11,13-14H2,1-2H3. The lowest BCUT2D eigenvalue weighted by Crippen LogP contribution is -2.46. The van der Waals surface area contributed by atoms with Crippen molar-refractivity contribution in [2.45, 2.75) is 19.4 Å². The fourth-order valence-corrected chi connectivity index (χ4v) is 3.37. The van der Waals surface area contributed by atoms with Crippen LogP contribution in [-0.4, -0.2) is 38.2 Å². The Morgan fingerprint density at radius 3 is 2.86 bits per heavy atom. The average Bonchev–Trinajstić information content (AvgIpc) is 2.56. The largest absolute Gasteiger partial charge is 0.497 e. The molecule has 3 nitrogen and oxygen atoms in total. The Bertz CT molecular complexity index is 550. The van der Waals surface area contributed by atoms with Crippen molar-refractivity contribution in [3.8, 4) is 0 Å². The van der Waals surface area contributed by atoms with Crippen molar-refractivity contribution in [3.63, 3.8) is 0 Å². The summed E-state index contributed by atoms with van der Waals surface area (Å²) in [6.07, 6.45) is 5.69. The molecule has 0 amide bonds. The second kappa shape index (κ2) is 7.12. The molecule has 0 aromatic heterocycles. The minimum absolute atomic E-state index is 0.423. The first-order chi connectivity index (χ1) is 10.8. The molecule has 1 aromatic rings. The third kappa shape index (κ3) is 3.60. The van der Waals surface area contributed by atoms with E-state index in [4.69, 9.17) is 4.74 Å². The molecule has 1 aliphatic carbocycles. The van der Waals surface area contributed by atoms with Gasteiger partial charge < -0.3 is 10.1 Å². The first kappa shape index (κ1) is 15.3. The lowest BCUT2D eigenvalue weighted by molar-refractivity contribution is 0.207. The molecular formula is C19H26N2O. The Hall–Kier alpha value is -1.58. The topological polar surface area (TPSA) is 24.5 Å². The summed E-state index contributed by atoms with van der Waals surface area (Å²) in [4.78, 5) is 2.53. The van der Waals surface area contributed by atoms with Crippen molar-refractivity contribution in [1.82, 2.24) is 10.2 Å². The van der Waals surface area contributed by atoms with E-state index in [0.29, 0.717) is 12.0 Å². The van der Waals surface area contributed by atoms with Gasteiger partial charge >= 0.3 is 0 Å². The van der Waals surface area contributed by atoms with Crippen LogP contribution in [0.4, 0.5) is 0 Å². The highest BCUT2D eigenvalue weighted by atomic mass is 16.5. The molecule has 0 bridgehead atoms. The smallest absolute Gasteiger partial charge is 0.119 e. The molecule has 0 spiro atoms. The first-order valence-electron chi connectivity index (χ1n) is 8.22. The predicted octanol–water partition coefficient (Wildman–Crippen LogP) is 3.13. The quantitative estimate of drug-likeness (QED) is 0.924. The Kier molecular flexibility index (Phi) is 4.96. The molecule has 3 heteroatoms. The summed E-state index contributed by atoms with van der Waals surface area (Å²) in [5, 5.41) is 3.63. The van der Waals surface area contributed by atoms with Gasteiger partial charge in [0.1, 0.15) is 5.76 Å². The monoisotopic (exact) mass is 298 g/mol. The van der Waals surface area contributed by atoms with Crippen molar-refractivity contribution >= 4 is 0 Å². The highest BCUT2D eigenvalue weighted by molar-refractivity contribution is 5.31. The second-order valence-corrected chi connectivity index (χ2v) is 6.33. The van der Waals surface area contributed by atoms with Crippen molar-refractivity contribution in [2.75, 3.05) is 33.3 Å². The Labute approximate surface area is 133 Å². The van der Waals surface area contributed by atoms with E-state index in [1.54, 1.807) is 7.11 Å². The summed E-state index contributed by atoms with van der Waals surface area (Å²) < 4.78 is 5.56. The predicted molar refractivity (Wildman–Crippen MR) is 90.6 cm³/mol. The number of benzene rings is 1. The molecule has 118 valence electrons. The van der Waals surface area contributed by atoms with Gasteiger partial charge in [0.25, 0.3) is 0 Å². The van der Waals surface area contributed by atoms with Crippen LogP contribution in [0.15, 0.2) is 53.8 Å². The van der Waals surface area contributed by atoms with Gasteiger partial charge in [-0.05, 0) is 24.0 Å². The van der Waals surface area contributed by atoms with Crippen molar-refractivity contribution < 1.29 is 4.74 Å². The molecule has 1 saturated heterocycles. The van der Waals surface area contributed by atoms with Crippen LogP contribution in [0, 0.1) is 5.92 Å². The minimum Gasteiger partial charge on any atom is -0.497 e. The van der Waals surface area contributed by atoms with E-state index in [2.05, 4.69) is 59.6 Å². The lowest BCUT2D eigenvalue weighted by atomic mass is 9.95. The van der Waals surface area contributed by atoms with Crippen LogP contribution in [0.1, 0.15) is 24.9 Å². The number of ether oxygens (including phenoxy) is 1. The Morgan fingerprint density at radius 1 is 1.27 bits per heavy atom. The number of methoxy groups -OCH3 is 1. The van der Waals surface area contributed by atoms with Crippen LogP contribution in [0.3, 0.4) is 0 Å². The summed E-state index contributed by atoms with van der Waals surface area (Å²) in [7, 11) is 1.78. The molecule has 1 N–H and O–H groups in total. The third-order valence-electron chi connectivity index (χ3n) is 4.55. The lowest BCUT2D eigenvalue weighted by Gasteiger charge is -2.35. The van der Waals surface area contributed by atoms with Gasteiger partial charge in [-0.15, -0.1) is 0 Å². The van der Waals surface area contributed by atoms with Crippen LogP contribution in [-0.2, 0) is 4.74 Å². The zero-order chi connectivity index (χ0) is 15.4. The highest BCUT2D eigenvalue weighted by Gasteiger charge is 2.23.